The zero-order valence-electron chi connectivity index (χ0n) is 17.1. The highest BCUT2D eigenvalue weighted by Gasteiger charge is 2.30. The number of ether oxygens (including phenoxy) is 1. The molecule has 4 rings (SSSR count). The minimum Gasteiger partial charge on any atom is -0.455 e. The lowest BCUT2D eigenvalue weighted by Crippen LogP contribution is -2.17. The number of esters is 1. The van der Waals surface area contributed by atoms with Gasteiger partial charge >= 0.3 is 12.1 Å². The summed E-state index contributed by atoms with van der Waals surface area (Å²) in [6.45, 7) is 1.63. The van der Waals surface area contributed by atoms with Crippen LogP contribution in [0.3, 0.4) is 0 Å². The Kier molecular flexibility index (Phi) is 6.09. The Morgan fingerprint density at radius 2 is 2.03 bits per heavy atom. The van der Waals surface area contributed by atoms with Crippen molar-refractivity contribution in [2.45, 2.75) is 26.1 Å². The van der Waals surface area contributed by atoms with Crippen molar-refractivity contribution >= 4 is 33.8 Å². The predicted octanol–water partition coefficient (Wildman–Crippen LogP) is 4.23. The molecule has 12 heteroatoms. The van der Waals surface area contributed by atoms with E-state index in [1.807, 2.05) is 6.92 Å². The molecule has 0 unspecified atom stereocenters. The molecule has 8 nitrogen and oxygen atoms in total. The van der Waals surface area contributed by atoms with Crippen LogP contribution in [0.1, 0.15) is 33.5 Å². The van der Waals surface area contributed by atoms with Gasteiger partial charge in [0.05, 0.1) is 11.3 Å². The van der Waals surface area contributed by atoms with Crippen LogP contribution in [-0.4, -0.2) is 25.6 Å². The summed E-state index contributed by atoms with van der Waals surface area (Å²) in [6, 6.07) is 8.67. The van der Waals surface area contributed by atoms with E-state index in [9.17, 15) is 22.8 Å². The van der Waals surface area contributed by atoms with Crippen LogP contribution in [0.25, 0.3) is 4.96 Å². The van der Waals surface area contributed by atoms with Gasteiger partial charge in [0, 0.05) is 18.0 Å². The Bertz CT molecular complexity index is 1380. The van der Waals surface area contributed by atoms with Gasteiger partial charge in [-0.2, -0.15) is 22.8 Å². The zero-order valence-corrected chi connectivity index (χ0v) is 17.9. The summed E-state index contributed by atoms with van der Waals surface area (Å²) in [5.74, 6) is -0.751. The molecule has 1 N–H and O–H groups in total. The number of nitrogens with zero attached hydrogens (tertiary/aromatic N) is 4. The van der Waals surface area contributed by atoms with Crippen LogP contribution in [0.2, 0.25) is 0 Å². The molecule has 0 atom stereocenters. The van der Waals surface area contributed by atoms with E-state index >= 15 is 0 Å². The minimum absolute atomic E-state index is 0.0128. The highest BCUT2D eigenvalue weighted by molar-refractivity contribution is 7.16. The Balaban J connectivity index is 1.52. The number of hydrogen-bond donors (Lipinski definition) is 1. The molecule has 3 heterocycles. The molecular formula is C21H16F3N5O3S. The average molecular weight is 475 g/mol. The fraction of sp³-hybridized carbons (Fsp3) is 0.190. The van der Waals surface area contributed by atoms with E-state index in [1.165, 1.54) is 52.4 Å². The largest absolute Gasteiger partial charge is 0.455 e. The van der Waals surface area contributed by atoms with Gasteiger partial charge in [0.2, 0.25) is 4.96 Å². The second kappa shape index (κ2) is 8.98. The third-order valence-corrected chi connectivity index (χ3v) is 5.53. The topological polar surface area (TPSA) is 98.5 Å². The maximum atomic E-state index is 13.0. The Labute approximate surface area is 188 Å². The lowest BCUT2D eigenvalue weighted by molar-refractivity contribution is -0.137. The van der Waals surface area contributed by atoms with Crippen molar-refractivity contribution in [1.29, 1.82) is 0 Å². The third-order valence-electron chi connectivity index (χ3n) is 4.47. The Morgan fingerprint density at radius 3 is 2.79 bits per heavy atom. The fourth-order valence-corrected chi connectivity index (χ4v) is 3.77. The molecule has 0 bridgehead atoms. The van der Waals surface area contributed by atoms with Crippen molar-refractivity contribution < 1.29 is 22.7 Å². The summed E-state index contributed by atoms with van der Waals surface area (Å²) in [5.41, 5.74) is -0.866. The number of carbonyl (C=O) groups excluding carboxylic acids is 1. The van der Waals surface area contributed by atoms with Gasteiger partial charge in [-0.1, -0.05) is 24.3 Å². The number of pyridine rings is 1. The van der Waals surface area contributed by atoms with Gasteiger partial charge in [-0.15, -0.1) is 0 Å². The number of halogens is 3. The number of carbonyl (C=O) groups is 1. The van der Waals surface area contributed by atoms with E-state index in [4.69, 9.17) is 4.74 Å². The van der Waals surface area contributed by atoms with E-state index in [2.05, 4.69) is 20.4 Å². The molecule has 1 aromatic carbocycles. The minimum atomic E-state index is -4.51. The molecule has 0 saturated heterocycles. The average Bonchev–Trinajstić information content (AvgIpc) is 3.21. The van der Waals surface area contributed by atoms with Crippen LogP contribution < -0.4 is 10.9 Å². The number of rotatable bonds is 6. The number of nitrogens with one attached hydrogen (secondary N) is 1. The molecule has 3 aromatic heterocycles. The first-order valence-electron chi connectivity index (χ1n) is 9.69. The van der Waals surface area contributed by atoms with Crippen LogP contribution in [0.4, 0.5) is 24.7 Å². The van der Waals surface area contributed by atoms with Crippen molar-refractivity contribution in [2.24, 2.45) is 0 Å². The number of alkyl halides is 3. The summed E-state index contributed by atoms with van der Waals surface area (Å²) in [6.07, 6.45) is -2.47. The second-order valence-corrected chi connectivity index (χ2v) is 7.85. The number of aromatic nitrogens is 4. The first-order chi connectivity index (χ1) is 15.7. The van der Waals surface area contributed by atoms with Crippen molar-refractivity contribution in [2.75, 3.05) is 5.32 Å². The lowest BCUT2D eigenvalue weighted by Gasteiger charge is -2.12. The van der Waals surface area contributed by atoms with Crippen LogP contribution in [0.15, 0.2) is 53.5 Å². The van der Waals surface area contributed by atoms with Gasteiger partial charge < -0.3 is 10.1 Å². The molecular weight excluding hydrogens is 459 g/mol. The SMILES string of the molecule is CCc1nn2c(=O)cc(COC(=O)c3cccnc3Nc3cccc(C(F)(F)F)c3)nc2s1. The monoisotopic (exact) mass is 475 g/mol. The van der Waals surface area contributed by atoms with Crippen molar-refractivity contribution in [3.05, 3.63) is 80.8 Å². The molecule has 0 fully saturated rings. The standard InChI is InChI=1S/C21H16F3N5O3S/c1-2-16-28-29-17(30)10-14(27-20(29)33-16)11-32-19(31)15-7-4-8-25-18(15)26-13-6-3-5-12(9-13)21(22,23)24/h3-10H,2,11H2,1H3,(H,25,26). The molecule has 170 valence electrons. The van der Waals surface area contributed by atoms with Crippen molar-refractivity contribution in [1.82, 2.24) is 19.6 Å². The first kappa shape index (κ1) is 22.4. The van der Waals surface area contributed by atoms with Crippen LogP contribution in [-0.2, 0) is 23.9 Å². The summed E-state index contributed by atoms with van der Waals surface area (Å²) in [7, 11) is 0. The maximum Gasteiger partial charge on any atom is 0.416 e. The molecule has 0 saturated carbocycles. The number of aryl methyl sites for hydroxylation is 1. The molecule has 33 heavy (non-hydrogen) atoms. The number of benzene rings is 1. The third kappa shape index (κ3) is 5.00. The van der Waals surface area contributed by atoms with E-state index in [0.717, 1.165) is 17.1 Å². The van der Waals surface area contributed by atoms with Crippen molar-refractivity contribution in [3.8, 4) is 0 Å². The smallest absolute Gasteiger partial charge is 0.416 e. The van der Waals surface area contributed by atoms with Crippen LogP contribution in [0, 0.1) is 0 Å². The van der Waals surface area contributed by atoms with Gasteiger partial charge in [-0.25, -0.2) is 14.8 Å². The fourth-order valence-electron chi connectivity index (χ4n) is 2.91. The van der Waals surface area contributed by atoms with Gasteiger partial charge in [0.25, 0.3) is 5.56 Å². The quantitative estimate of drug-likeness (QED) is 0.417. The molecule has 0 aliphatic carbocycles. The van der Waals surface area contributed by atoms with Crippen LogP contribution >= 0.6 is 11.3 Å². The summed E-state index contributed by atoms with van der Waals surface area (Å²) >= 11 is 1.26. The number of hydrogen-bond acceptors (Lipinski definition) is 8. The van der Waals surface area contributed by atoms with E-state index < -0.39 is 23.3 Å². The molecule has 4 aromatic rings. The highest BCUT2D eigenvalue weighted by Crippen LogP contribution is 2.31. The molecule has 0 radical (unpaired) electrons. The molecule has 0 amide bonds. The number of fused-ring (bicyclic) bond motifs is 1. The van der Waals surface area contributed by atoms with E-state index in [-0.39, 0.29) is 29.4 Å². The van der Waals surface area contributed by atoms with Gasteiger partial charge in [0.15, 0.2) is 0 Å². The molecule has 0 aliphatic rings. The predicted molar refractivity (Wildman–Crippen MR) is 115 cm³/mol. The maximum absolute atomic E-state index is 13.0. The van der Waals surface area contributed by atoms with Crippen molar-refractivity contribution in [3.63, 3.8) is 0 Å². The van der Waals surface area contributed by atoms with Gasteiger partial charge in [-0.3, -0.25) is 4.79 Å². The Hall–Kier alpha value is -3.80. The lowest BCUT2D eigenvalue weighted by atomic mass is 10.2. The normalized spacial score (nSPS) is 11.5. The molecule has 0 spiro atoms. The van der Waals surface area contributed by atoms with Gasteiger partial charge in [0.1, 0.15) is 23.0 Å². The second-order valence-electron chi connectivity index (χ2n) is 6.81. The van der Waals surface area contributed by atoms with E-state index in [1.54, 1.807) is 0 Å². The highest BCUT2D eigenvalue weighted by atomic mass is 32.1. The summed E-state index contributed by atoms with van der Waals surface area (Å²) in [5, 5.41) is 7.62. The first-order valence-corrected chi connectivity index (χ1v) is 10.5. The van der Waals surface area contributed by atoms with Crippen LogP contribution in [0.5, 0.6) is 0 Å². The summed E-state index contributed by atoms with van der Waals surface area (Å²) < 4.78 is 45.4. The number of anilines is 2. The molecule has 0 aliphatic heterocycles. The van der Waals surface area contributed by atoms with Gasteiger partial charge in [-0.05, 0) is 36.8 Å². The van der Waals surface area contributed by atoms with E-state index in [0.29, 0.717) is 11.4 Å². The summed E-state index contributed by atoms with van der Waals surface area (Å²) in [4.78, 5) is 33.6. The zero-order chi connectivity index (χ0) is 23.6. The Morgan fingerprint density at radius 1 is 1.21 bits per heavy atom.